The van der Waals surface area contributed by atoms with Gasteiger partial charge in [0.15, 0.2) is 0 Å². The zero-order valence-electron chi connectivity index (χ0n) is 33.8. The van der Waals surface area contributed by atoms with Crippen LogP contribution in [0.1, 0.15) is 102 Å². The summed E-state index contributed by atoms with van der Waals surface area (Å²) in [5, 5.41) is 27.5. The molecule has 1 unspecified atom stereocenters. The second-order valence-corrected chi connectivity index (χ2v) is 55.5. The van der Waals surface area contributed by atoms with Gasteiger partial charge in [-0.15, -0.1) is 0 Å². The molecule has 2 N–H and O–H groups in total. The van der Waals surface area contributed by atoms with Gasteiger partial charge < -0.3 is 10.2 Å². The van der Waals surface area contributed by atoms with Gasteiger partial charge in [-0.05, 0) is 45.2 Å². The first-order chi connectivity index (χ1) is 21.7. The van der Waals surface area contributed by atoms with E-state index in [1.54, 1.807) is 0 Å². The Balaban J connectivity index is 1.98. The number of aromatic hydroxyl groups is 2. The van der Waals surface area contributed by atoms with Gasteiger partial charge in [-0.3, -0.25) is 0 Å². The van der Waals surface area contributed by atoms with Crippen molar-refractivity contribution in [3.63, 3.8) is 0 Å². The van der Waals surface area contributed by atoms with Crippen LogP contribution in [-0.4, -0.2) is 51.1 Å². The summed E-state index contributed by atoms with van der Waals surface area (Å²) in [7, 11) is -6.58. The SMILES string of the molecule is CC(C)(C)c1cc(CSC2CCCCCC[C@@H]2SCc2cc(C(C)(C)C)cc([Si](C)(C)[Si](C)(C)C)c2O)c(O)c([Si](C)(C)[Si](C)(C)C)c1. The summed E-state index contributed by atoms with van der Waals surface area (Å²) >= 11 is 4.19. The monoisotopic (exact) mass is 760 g/mol. The summed E-state index contributed by atoms with van der Waals surface area (Å²) in [5.74, 6) is 2.92. The fourth-order valence-electron chi connectivity index (χ4n) is 6.43. The highest BCUT2D eigenvalue weighted by molar-refractivity contribution is 8.03. The van der Waals surface area contributed by atoms with Gasteiger partial charge in [0.1, 0.15) is 11.5 Å². The normalized spacial score (nSPS) is 19.2. The molecule has 1 fully saturated rings. The third kappa shape index (κ3) is 9.72. The maximum Gasteiger partial charge on any atom is 0.118 e. The molecule has 0 amide bonds. The van der Waals surface area contributed by atoms with E-state index >= 15 is 0 Å². The minimum Gasteiger partial charge on any atom is -0.508 e. The van der Waals surface area contributed by atoms with Crippen molar-refractivity contribution in [2.45, 2.75) is 178 Å². The van der Waals surface area contributed by atoms with Crippen molar-refractivity contribution in [2.24, 2.45) is 0 Å². The molecule has 2 atom stereocenters. The van der Waals surface area contributed by atoms with Crippen LogP contribution >= 0.6 is 23.5 Å². The molecule has 2 aromatic carbocycles. The van der Waals surface area contributed by atoms with E-state index in [1.165, 1.54) is 60.0 Å². The Morgan fingerprint density at radius 2 is 0.854 bits per heavy atom. The quantitative estimate of drug-likeness (QED) is 0.237. The van der Waals surface area contributed by atoms with Crippen molar-refractivity contribution in [1.82, 2.24) is 0 Å². The minimum absolute atomic E-state index is 0.0414. The molecular formula is C40H72O2S2Si4. The predicted octanol–water partition coefficient (Wildman–Crippen LogP) is 11.6. The number of benzene rings is 2. The smallest absolute Gasteiger partial charge is 0.118 e. The van der Waals surface area contributed by atoms with Crippen molar-refractivity contribution in [3.8, 4) is 11.5 Å². The van der Waals surface area contributed by atoms with E-state index in [2.05, 4.69) is 155 Å². The summed E-state index contributed by atoms with van der Waals surface area (Å²) in [6, 6.07) is 9.41. The van der Waals surface area contributed by atoms with Gasteiger partial charge >= 0.3 is 0 Å². The molecule has 1 saturated carbocycles. The van der Waals surface area contributed by atoms with Crippen LogP contribution in [0.25, 0.3) is 0 Å². The first kappa shape index (κ1) is 42.0. The molecule has 8 heteroatoms. The molecule has 2 aromatic rings. The predicted molar refractivity (Wildman–Crippen MR) is 232 cm³/mol. The minimum atomic E-state index is -1.81. The first-order valence-electron chi connectivity index (χ1n) is 18.7. The van der Waals surface area contributed by atoms with Gasteiger partial charge in [-0.2, -0.15) is 23.5 Å². The lowest BCUT2D eigenvalue weighted by atomic mass is 9.86. The molecule has 48 heavy (non-hydrogen) atoms. The number of phenols is 2. The van der Waals surface area contributed by atoms with Gasteiger partial charge in [0, 0.05) is 48.3 Å². The molecule has 0 aromatic heterocycles. The molecule has 0 bridgehead atoms. The molecule has 272 valence electrons. The van der Waals surface area contributed by atoms with Gasteiger partial charge in [0.05, 0.1) is 15.2 Å². The van der Waals surface area contributed by atoms with Crippen LogP contribution in [0, 0.1) is 0 Å². The Bertz CT molecular complexity index is 1300. The second kappa shape index (κ2) is 15.3. The van der Waals surface area contributed by atoms with Crippen LogP contribution in [0.4, 0.5) is 0 Å². The Morgan fingerprint density at radius 1 is 0.542 bits per heavy atom. The van der Waals surface area contributed by atoms with Crippen LogP contribution in [0.3, 0.4) is 0 Å². The average molecular weight is 761 g/mol. The highest BCUT2D eigenvalue weighted by Crippen LogP contribution is 2.41. The van der Waals surface area contributed by atoms with Crippen LogP contribution in [0.15, 0.2) is 24.3 Å². The fourth-order valence-corrected chi connectivity index (χ4v) is 19.6. The zero-order chi connectivity index (χ0) is 36.7. The standard InChI is InChI=1S/C40H72O2S2Si4/c1-39(2,3)31-23-29(37(41)35(25-31)47(13,14)45(7,8)9)27-43-33-21-19-17-18-20-22-34(33)44-28-30-24-32(40(4,5)6)26-36(38(30)42)48(15,16)46(10,11)12/h23-26,33-34,41-42H,17-22,27-28H2,1-16H3/t33-,34?/m0/s1. The van der Waals surface area contributed by atoms with Crippen LogP contribution in [0.2, 0.25) is 65.5 Å². The van der Waals surface area contributed by atoms with Crippen molar-refractivity contribution in [1.29, 1.82) is 0 Å². The van der Waals surface area contributed by atoms with Crippen LogP contribution in [-0.2, 0) is 22.3 Å². The molecule has 0 heterocycles. The maximum absolute atomic E-state index is 11.9. The summed E-state index contributed by atoms with van der Waals surface area (Å²) in [5.41, 5.74) is 5.10. The van der Waals surface area contributed by atoms with E-state index in [-0.39, 0.29) is 10.8 Å². The molecule has 0 aliphatic heterocycles. The Labute approximate surface area is 309 Å². The van der Waals surface area contributed by atoms with E-state index in [4.69, 9.17) is 0 Å². The third-order valence-electron chi connectivity index (χ3n) is 12.3. The molecule has 1 aliphatic carbocycles. The Hall–Kier alpha value is -0.392. The molecule has 0 radical (unpaired) electrons. The second-order valence-electron chi connectivity index (χ2n) is 20.0. The average Bonchev–Trinajstić information content (AvgIpc) is 2.90. The molecule has 0 spiro atoms. The van der Waals surface area contributed by atoms with Crippen molar-refractivity contribution in [2.75, 3.05) is 0 Å². The molecule has 0 saturated heterocycles. The van der Waals surface area contributed by atoms with E-state index < -0.39 is 30.4 Å². The fraction of sp³-hybridized carbons (Fsp3) is 0.700. The topological polar surface area (TPSA) is 40.5 Å². The number of hydrogen-bond donors (Lipinski definition) is 2. The molecule has 3 rings (SSSR count). The van der Waals surface area contributed by atoms with Crippen molar-refractivity contribution >= 4 is 64.3 Å². The Kier molecular flexibility index (Phi) is 13.4. The number of phenolic OH excluding ortho intramolecular Hbond substituents is 2. The van der Waals surface area contributed by atoms with Crippen LogP contribution in [0.5, 0.6) is 11.5 Å². The van der Waals surface area contributed by atoms with Gasteiger partial charge in [0.25, 0.3) is 0 Å². The van der Waals surface area contributed by atoms with Gasteiger partial charge in [-0.25, -0.2) is 0 Å². The summed E-state index contributed by atoms with van der Waals surface area (Å²) in [4.78, 5) is 0. The lowest BCUT2D eigenvalue weighted by Gasteiger charge is -2.38. The molecular weight excluding hydrogens is 689 g/mol. The largest absolute Gasteiger partial charge is 0.508 e. The molecule has 1 aliphatic rings. The van der Waals surface area contributed by atoms with E-state index in [0.717, 1.165) is 22.6 Å². The zero-order valence-corrected chi connectivity index (χ0v) is 39.5. The van der Waals surface area contributed by atoms with E-state index in [9.17, 15) is 10.2 Å². The number of hydrogen-bond acceptors (Lipinski definition) is 4. The number of rotatable bonds is 10. The van der Waals surface area contributed by atoms with Gasteiger partial charge in [0.2, 0.25) is 0 Å². The van der Waals surface area contributed by atoms with E-state index in [0.29, 0.717) is 22.0 Å². The summed E-state index contributed by atoms with van der Waals surface area (Å²) in [6.07, 6.45) is 7.70. The number of thioether (sulfide) groups is 2. The van der Waals surface area contributed by atoms with Crippen LogP contribution < -0.4 is 10.4 Å². The first-order valence-corrected chi connectivity index (χ1v) is 35.8. The maximum atomic E-state index is 11.9. The van der Waals surface area contributed by atoms with Gasteiger partial charge in [-0.1, -0.05) is 157 Å². The lowest BCUT2D eigenvalue weighted by Crippen LogP contribution is -2.61. The van der Waals surface area contributed by atoms with Crippen molar-refractivity contribution < 1.29 is 10.2 Å². The van der Waals surface area contributed by atoms with Crippen molar-refractivity contribution in [3.05, 3.63) is 46.5 Å². The highest BCUT2D eigenvalue weighted by Gasteiger charge is 2.42. The third-order valence-corrected chi connectivity index (χ3v) is 50.4. The Morgan fingerprint density at radius 3 is 1.12 bits per heavy atom. The summed E-state index contributed by atoms with van der Waals surface area (Å²) < 4.78 is 0. The highest BCUT2D eigenvalue weighted by atomic mass is 32.2. The summed E-state index contributed by atoms with van der Waals surface area (Å²) in [6.45, 7) is 38.7. The molecule has 2 nitrogen and oxygen atoms in total. The lowest BCUT2D eigenvalue weighted by molar-refractivity contribution is 0.472. The van der Waals surface area contributed by atoms with E-state index in [1.807, 2.05) is 0 Å².